The Labute approximate surface area is 165 Å². The van der Waals surface area contributed by atoms with Crippen LogP contribution in [0.3, 0.4) is 0 Å². The van der Waals surface area contributed by atoms with Crippen LogP contribution < -0.4 is 0 Å². The Bertz CT molecular complexity index is 911. The zero-order chi connectivity index (χ0) is 21.2. The van der Waals surface area contributed by atoms with Gasteiger partial charge in [0.25, 0.3) is 0 Å². The minimum atomic E-state index is -1.67. The van der Waals surface area contributed by atoms with E-state index in [1.165, 1.54) is 36.4 Å². The van der Waals surface area contributed by atoms with E-state index in [0.29, 0.717) is 11.1 Å². The maximum Gasteiger partial charge on any atom is 0.348 e. The van der Waals surface area contributed by atoms with Crippen LogP contribution in [0, 0.1) is 0 Å². The summed E-state index contributed by atoms with van der Waals surface area (Å²) < 4.78 is 9.58. The Balaban J connectivity index is 1.86. The van der Waals surface area contributed by atoms with Crippen LogP contribution in [0.1, 0.15) is 11.1 Å². The molecular formula is C21H18O8. The number of aliphatic carboxylic acids is 1. The first-order chi connectivity index (χ1) is 13.8. The molecule has 150 valence electrons. The van der Waals surface area contributed by atoms with Gasteiger partial charge in [-0.05, 0) is 47.5 Å². The molecule has 29 heavy (non-hydrogen) atoms. The van der Waals surface area contributed by atoms with Crippen LogP contribution in [0.15, 0.2) is 60.7 Å². The highest BCUT2D eigenvalue weighted by molar-refractivity contribution is 5.90. The molecule has 1 atom stereocenters. The van der Waals surface area contributed by atoms with Crippen molar-refractivity contribution >= 4 is 30.1 Å². The third-order valence-corrected chi connectivity index (χ3v) is 3.52. The summed E-state index contributed by atoms with van der Waals surface area (Å²) in [7, 11) is 0. The van der Waals surface area contributed by atoms with Gasteiger partial charge in [-0.3, -0.25) is 0 Å². The maximum atomic E-state index is 11.8. The molecule has 0 aromatic heterocycles. The van der Waals surface area contributed by atoms with Crippen molar-refractivity contribution in [2.24, 2.45) is 0 Å². The average molecular weight is 398 g/mol. The van der Waals surface area contributed by atoms with Crippen LogP contribution in [-0.4, -0.2) is 45.9 Å². The number of phenolic OH excluding ortho intramolecular Hbond substituents is 2. The third kappa shape index (κ3) is 7.59. The summed E-state index contributed by atoms with van der Waals surface area (Å²) >= 11 is 0. The second kappa shape index (κ2) is 10.3. The summed E-state index contributed by atoms with van der Waals surface area (Å²) in [6.07, 6.45) is 3.24. The normalized spacial score (nSPS) is 12.0. The molecule has 0 aliphatic heterocycles. The lowest BCUT2D eigenvalue weighted by molar-refractivity contribution is -0.167. The SMILES string of the molecule is O=C(/C=C/c1ccc(O)cc1)OC[C@@H](OC(=O)/C=C/c1ccc(O)cc1)C(=O)O. The summed E-state index contributed by atoms with van der Waals surface area (Å²) in [6, 6.07) is 12.0. The van der Waals surface area contributed by atoms with Crippen LogP contribution in [0.2, 0.25) is 0 Å². The van der Waals surface area contributed by atoms with E-state index in [-0.39, 0.29) is 11.5 Å². The van der Waals surface area contributed by atoms with E-state index in [4.69, 9.17) is 14.6 Å². The molecule has 0 saturated carbocycles. The van der Waals surface area contributed by atoms with Crippen LogP contribution in [0.25, 0.3) is 12.2 Å². The molecule has 0 saturated heterocycles. The molecular weight excluding hydrogens is 380 g/mol. The second-order valence-electron chi connectivity index (χ2n) is 5.74. The van der Waals surface area contributed by atoms with Crippen LogP contribution in [0.5, 0.6) is 11.5 Å². The molecule has 0 spiro atoms. The molecule has 8 nitrogen and oxygen atoms in total. The predicted molar refractivity (Wildman–Crippen MR) is 103 cm³/mol. The number of carboxylic acid groups (broad SMARTS) is 1. The fourth-order valence-electron chi connectivity index (χ4n) is 2.04. The fourth-order valence-corrected chi connectivity index (χ4v) is 2.04. The van der Waals surface area contributed by atoms with Crippen molar-refractivity contribution in [1.29, 1.82) is 0 Å². The van der Waals surface area contributed by atoms with Crippen LogP contribution in [0.4, 0.5) is 0 Å². The number of carboxylic acids is 1. The van der Waals surface area contributed by atoms with E-state index in [1.54, 1.807) is 24.3 Å². The van der Waals surface area contributed by atoms with E-state index >= 15 is 0 Å². The molecule has 0 aliphatic rings. The number of carbonyl (C=O) groups excluding carboxylic acids is 2. The Hall–Kier alpha value is -4.07. The lowest BCUT2D eigenvalue weighted by Crippen LogP contribution is -2.32. The van der Waals surface area contributed by atoms with Crippen molar-refractivity contribution in [3.63, 3.8) is 0 Å². The Morgan fingerprint density at radius 1 is 0.793 bits per heavy atom. The Kier molecular flexibility index (Phi) is 7.55. The third-order valence-electron chi connectivity index (χ3n) is 3.52. The predicted octanol–water partition coefficient (Wildman–Crippen LogP) is 2.36. The Morgan fingerprint density at radius 2 is 1.24 bits per heavy atom. The topological polar surface area (TPSA) is 130 Å². The van der Waals surface area contributed by atoms with Gasteiger partial charge >= 0.3 is 17.9 Å². The van der Waals surface area contributed by atoms with Crippen molar-refractivity contribution in [3.8, 4) is 11.5 Å². The minimum absolute atomic E-state index is 0.0666. The lowest BCUT2D eigenvalue weighted by atomic mass is 10.2. The van der Waals surface area contributed by atoms with Gasteiger partial charge in [0.1, 0.15) is 18.1 Å². The fraction of sp³-hybridized carbons (Fsp3) is 0.0952. The summed E-state index contributed by atoms with van der Waals surface area (Å²) in [4.78, 5) is 34.7. The zero-order valence-electron chi connectivity index (χ0n) is 15.1. The number of esters is 2. The van der Waals surface area contributed by atoms with Crippen LogP contribution >= 0.6 is 0 Å². The zero-order valence-corrected chi connectivity index (χ0v) is 15.1. The number of hydrogen-bond acceptors (Lipinski definition) is 7. The van der Waals surface area contributed by atoms with Crippen molar-refractivity contribution in [2.45, 2.75) is 6.10 Å². The highest BCUT2D eigenvalue weighted by Gasteiger charge is 2.23. The molecule has 2 aromatic carbocycles. The largest absolute Gasteiger partial charge is 0.508 e. The van der Waals surface area contributed by atoms with Crippen molar-refractivity contribution in [3.05, 3.63) is 71.8 Å². The van der Waals surface area contributed by atoms with Crippen LogP contribution in [-0.2, 0) is 23.9 Å². The molecule has 2 aromatic rings. The van der Waals surface area contributed by atoms with Gasteiger partial charge in [-0.25, -0.2) is 14.4 Å². The molecule has 0 aliphatic carbocycles. The van der Waals surface area contributed by atoms with Gasteiger partial charge in [-0.2, -0.15) is 0 Å². The van der Waals surface area contributed by atoms with Gasteiger partial charge < -0.3 is 24.8 Å². The van der Waals surface area contributed by atoms with Gasteiger partial charge in [0.15, 0.2) is 0 Å². The number of phenols is 2. The first kappa shape index (κ1) is 21.2. The molecule has 3 N–H and O–H groups in total. The molecule has 0 bridgehead atoms. The number of hydrogen-bond donors (Lipinski definition) is 3. The summed E-state index contributed by atoms with van der Waals surface area (Å²) in [5.74, 6) is -3.07. The molecule has 0 fully saturated rings. The van der Waals surface area contributed by atoms with E-state index in [1.807, 2.05) is 0 Å². The van der Waals surface area contributed by atoms with E-state index < -0.39 is 30.6 Å². The van der Waals surface area contributed by atoms with Gasteiger partial charge in [-0.1, -0.05) is 24.3 Å². The van der Waals surface area contributed by atoms with Gasteiger partial charge in [0.05, 0.1) is 0 Å². The van der Waals surface area contributed by atoms with Gasteiger partial charge in [-0.15, -0.1) is 0 Å². The number of rotatable bonds is 8. The monoisotopic (exact) mass is 398 g/mol. The summed E-state index contributed by atoms with van der Waals surface area (Å²) in [5, 5.41) is 27.5. The summed E-state index contributed by atoms with van der Waals surface area (Å²) in [5.41, 5.74) is 1.22. The minimum Gasteiger partial charge on any atom is -0.508 e. The molecule has 0 unspecified atom stereocenters. The Morgan fingerprint density at radius 3 is 1.69 bits per heavy atom. The van der Waals surface area contributed by atoms with Gasteiger partial charge in [0, 0.05) is 12.2 Å². The van der Waals surface area contributed by atoms with Crippen molar-refractivity contribution in [1.82, 2.24) is 0 Å². The number of aromatic hydroxyl groups is 2. The summed E-state index contributed by atoms with van der Waals surface area (Å²) in [6.45, 7) is -0.660. The smallest absolute Gasteiger partial charge is 0.348 e. The van der Waals surface area contributed by atoms with E-state index in [2.05, 4.69) is 0 Å². The average Bonchev–Trinajstić information content (AvgIpc) is 2.70. The van der Waals surface area contributed by atoms with Crippen molar-refractivity contribution in [2.75, 3.05) is 6.61 Å². The van der Waals surface area contributed by atoms with E-state index in [9.17, 15) is 24.6 Å². The van der Waals surface area contributed by atoms with Crippen molar-refractivity contribution < 1.29 is 39.2 Å². The molecule has 2 rings (SSSR count). The number of carbonyl (C=O) groups is 3. The quantitative estimate of drug-likeness (QED) is 0.456. The van der Waals surface area contributed by atoms with Gasteiger partial charge in [0.2, 0.25) is 6.10 Å². The highest BCUT2D eigenvalue weighted by atomic mass is 16.6. The molecule has 0 amide bonds. The highest BCUT2D eigenvalue weighted by Crippen LogP contribution is 2.12. The maximum absolute atomic E-state index is 11.8. The standard InChI is InChI=1S/C21H18O8/c22-16-7-1-14(2-8-16)5-11-19(24)28-13-18(21(26)27)29-20(25)12-6-15-3-9-17(23)10-4-15/h1-12,18,22-23H,13H2,(H,26,27)/b11-5+,12-6+/t18-/m1/s1. The first-order valence-electron chi connectivity index (χ1n) is 8.38. The molecule has 0 heterocycles. The number of benzene rings is 2. The molecule has 8 heteroatoms. The van der Waals surface area contributed by atoms with E-state index in [0.717, 1.165) is 12.2 Å². The lowest BCUT2D eigenvalue weighted by Gasteiger charge is -2.12. The number of ether oxygens (including phenoxy) is 2. The first-order valence-corrected chi connectivity index (χ1v) is 8.38. The molecule has 0 radical (unpaired) electrons. The second-order valence-corrected chi connectivity index (χ2v) is 5.74.